The highest BCUT2D eigenvalue weighted by atomic mass is 16.5. The Labute approximate surface area is 203 Å². The van der Waals surface area contributed by atoms with Gasteiger partial charge in [0, 0.05) is 24.2 Å². The van der Waals surface area contributed by atoms with Crippen molar-refractivity contribution in [2.45, 2.75) is 51.5 Å². The van der Waals surface area contributed by atoms with Gasteiger partial charge in [0.05, 0.1) is 23.0 Å². The molecular formula is C26H30N6O3. The number of hydrogen-bond donors (Lipinski definition) is 1. The minimum absolute atomic E-state index is 0.209. The van der Waals surface area contributed by atoms with Crippen molar-refractivity contribution in [3.05, 3.63) is 46.0 Å². The van der Waals surface area contributed by atoms with Crippen LogP contribution in [-0.2, 0) is 5.54 Å². The van der Waals surface area contributed by atoms with Gasteiger partial charge in [-0.1, -0.05) is 0 Å². The lowest BCUT2D eigenvalue weighted by atomic mass is 9.49. The third kappa shape index (κ3) is 3.78. The first-order valence-corrected chi connectivity index (χ1v) is 12.5. The van der Waals surface area contributed by atoms with Crippen LogP contribution in [0.15, 0.2) is 29.3 Å². The lowest BCUT2D eigenvalue weighted by Crippen LogP contribution is -2.62. The second-order valence-electron chi connectivity index (χ2n) is 10.2. The maximum absolute atomic E-state index is 13.4. The topological polar surface area (TPSA) is 102 Å². The number of nitrogens with one attached hydrogen (secondary N) is 1. The van der Waals surface area contributed by atoms with Crippen LogP contribution in [0.1, 0.15) is 54.9 Å². The van der Waals surface area contributed by atoms with Crippen LogP contribution in [0.2, 0.25) is 0 Å². The molecular weight excluding hydrogens is 444 g/mol. The number of nitrogens with zero attached hydrogens (tertiary/aromatic N) is 5. The van der Waals surface area contributed by atoms with Crippen LogP contribution in [0, 0.1) is 12.8 Å². The molecule has 0 unspecified atom stereocenters. The molecule has 1 saturated heterocycles. The summed E-state index contributed by atoms with van der Waals surface area (Å²) in [5.74, 6) is 1.43. The Kier molecular flexibility index (Phi) is 5.32. The van der Waals surface area contributed by atoms with Crippen molar-refractivity contribution in [1.29, 1.82) is 0 Å². The summed E-state index contributed by atoms with van der Waals surface area (Å²) in [5.41, 5.74) is 1.76. The van der Waals surface area contributed by atoms with Crippen molar-refractivity contribution in [2.24, 2.45) is 5.92 Å². The SMILES string of the molecule is CC(=O)c1c(C)c2cnc(Nc3ccc(OCCN4CCCC4)nc3)nc2n(C23CC(C2)C3)c1=O. The van der Waals surface area contributed by atoms with Crippen molar-refractivity contribution in [3.63, 3.8) is 0 Å². The zero-order chi connectivity index (χ0) is 24.2. The molecule has 3 aliphatic carbocycles. The Hall–Kier alpha value is -3.33. The molecule has 182 valence electrons. The molecule has 4 aliphatic rings. The van der Waals surface area contributed by atoms with Gasteiger partial charge < -0.3 is 10.1 Å². The predicted octanol–water partition coefficient (Wildman–Crippen LogP) is 3.42. The smallest absolute Gasteiger partial charge is 0.263 e. The summed E-state index contributed by atoms with van der Waals surface area (Å²) < 4.78 is 7.56. The van der Waals surface area contributed by atoms with E-state index in [2.05, 4.69) is 20.2 Å². The van der Waals surface area contributed by atoms with Crippen LogP contribution in [0.5, 0.6) is 5.88 Å². The zero-order valence-corrected chi connectivity index (χ0v) is 20.2. The van der Waals surface area contributed by atoms with Crippen molar-refractivity contribution in [1.82, 2.24) is 24.4 Å². The summed E-state index contributed by atoms with van der Waals surface area (Å²) in [7, 11) is 0. The van der Waals surface area contributed by atoms with E-state index < -0.39 is 0 Å². The van der Waals surface area contributed by atoms with Crippen LogP contribution >= 0.6 is 0 Å². The van der Waals surface area contributed by atoms with E-state index >= 15 is 0 Å². The average Bonchev–Trinajstić information content (AvgIpc) is 3.29. The largest absolute Gasteiger partial charge is 0.476 e. The summed E-state index contributed by atoms with van der Waals surface area (Å²) in [5, 5.41) is 3.94. The molecule has 1 N–H and O–H groups in total. The molecule has 1 aliphatic heterocycles. The van der Waals surface area contributed by atoms with Crippen LogP contribution in [0.3, 0.4) is 0 Å². The van der Waals surface area contributed by atoms with Crippen molar-refractivity contribution >= 4 is 28.5 Å². The standard InChI is InChI=1S/C26H30N6O3/c1-16-20-15-28-25(29-19-5-6-21(27-14-19)35-10-9-31-7-3-4-8-31)30-23(20)32(24(34)22(16)17(2)33)26-11-18(12-26)13-26/h5-6,14-15,18H,3-4,7-13H2,1-2H3,(H,28,29,30). The van der Waals surface area contributed by atoms with Crippen molar-refractivity contribution < 1.29 is 9.53 Å². The van der Waals surface area contributed by atoms with Gasteiger partial charge in [0.25, 0.3) is 5.56 Å². The number of carbonyl (C=O) groups excluding carboxylic acids is 1. The number of aromatic nitrogens is 4. The average molecular weight is 475 g/mol. The van der Waals surface area contributed by atoms with Crippen molar-refractivity contribution in [3.8, 4) is 5.88 Å². The molecule has 9 nitrogen and oxygen atoms in total. The Morgan fingerprint density at radius 3 is 2.57 bits per heavy atom. The van der Waals surface area contributed by atoms with Gasteiger partial charge in [-0.2, -0.15) is 4.98 Å². The molecule has 0 amide bonds. The molecule has 9 heteroatoms. The normalized spacial score (nSPS) is 23.1. The third-order valence-electron chi connectivity index (χ3n) is 7.86. The first-order valence-electron chi connectivity index (χ1n) is 12.5. The van der Waals surface area contributed by atoms with Gasteiger partial charge in [-0.25, -0.2) is 9.97 Å². The maximum Gasteiger partial charge on any atom is 0.263 e. The fourth-order valence-electron chi connectivity index (χ4n) is 5.89. The second kappa shape index (κ2) is 8.41. The molecule has 3 aromatic rings. The minimum atomic E-state index is -0.234. The summed E-state index contributed by atoms with van der Waals surface area (Å²) in [6.07, 6.45) is 8.85. The Morgan fingerprint density at radius 2 is 1.94 bits per heavy atom. The van der Waals surface area contributed by atoms with Gasteiger partial charge in [-0.05, 0) is 76.6 Å². The number of aryl methyl sites for hydroxylation is 1. The molecule has 3 saturated carbocycles. The van der Waals surface area contributed by atoms with Crippen LogP contribution in [0.4, 0.5) is 11.6 Å². The van der Waals surface area contributed by atoms with E-state index in [1.165, 1.54) is 19.8 Å². The highest BCUT2D eigenvalue weighted by molar-refractivity contribution is 5.99. The van der Waals surface area contributed by atoms with Gasteiger partial charge in [0.2, 0.25) is 11.8 Å². The Balaban J connectivity index is 1.25. The fraction of sp³-hybridized carbons (Fsp3) is 0.500. The first-order chi connectivity index (χ1) is 16.9. The van der Waals surface area contributed by atoms with Gasteiger partial charge in [0.1, 0.15) is 12.3 Å². The molecule has 0 atom stereocenters. The molecule has 0 spiro atoms. The minimum Gasteiger partial charge on any atom is -0.476 e. The van der Waals surface area contributed by atoms with Gasteiger partial charge in [-0.15, -0.1) is 0 Å². The van der Waals surface area contributed by atoms with E-state index in [4.69, 9.17) is 9.72 Å². The highest BCUT2D eigenvalue weighted by Gasteiger charge is 2.59. The molecule has 0 aromatic carbocycles. The Bertz CT molecular complexity index is 1340. The van der Waals surface area contributed by atoms with Crippen LogP contribution in [0.25, 0.3) is 11.0 Å². The second-order valence-corrected chi connectivity index (χ2v) is 10.2. The van der Waals surface area contributed by atoms with Crippen molar-refractivity contribution in [2.75, 3.05) is 31.6 Å². The van der Waals surface area contributed by atoms with Gasteiger partial charge >= 0.3 is 0 Å². The summed E-state index contributed by atoms with van der Waals surface area (Å²) in [6.45, 7) is 7.09. The fourth-order valence-corrected chi connectivity index (χ4v) is 5.89. The number of pyridine rings is 2. The van der Waals surface area contributed by atoms with E-state index in [9.17, 15) is 9.59 Å². The van der Waals surface area contributed by atoms with E-state index in [0.29, 0.717) is 35.6 Å². The monoisotopic (exact) mass is 474 g/mol. The third-order valence-corrected chi connectivity index (χ3v) is 7.86. The van der Waals surface area contributed by atoms with E-state index in [-0.39, 0.29) is 22.4 Å². The quantitative estimate of drug-likeness (QED) is 0.496. The highest BCUT2D eigenvalue weighted by Crippen LogP contribution is 2.62. The van der Waals surface area contributed by atoms with Gasteiger partial charge in [-0.3, -0.25) is 19.1 Å². The first kappa shape index (κ1) is 22.2. The molecule has 0 radical (unpaired) electrons. The molecule has 35 heavy (non-hydrogen) atoms. The molecule has 3 aromatic heterocycles. The summed E-state index contributed by atoms with van der Waals surface area (Å²) >= 11 is 0. The number of rotatable bonds is 8. The van der Waals surface area contributed by atoms with E-state index in [1.54, 1.807) is 23.9 Å². The molecule has 4 fully saturated rings. The number of hydrogen-bond acceptors (Lipinski definition) is 8. The van der Waals surface area contributed by atoms with Gasteiger partial charge in [0.15, 0.2) is 5.78 Å². The number of ketones is 1. The number of anilines is 2. The number of likely N-dealkylation sites (tertiary alicyclic amines) is 1. The maximum atomic E-state index is 13.4. The molecule has 7 rings (SSSR count). The van der Waals surface area contributed by atoms with Crippen LogP contribution in [-0.4, -0.2) is 56.4 Å². The number of fused-ring (bicyclic) bond motifs is 1. The Morgan fingerprint density at radius 1 is 1.17 bits per heavy atom. The summed E-state index contributed by atoms with van der Waals surface area (Å²) in [4.78, 5) is 41.8. The van der Waals surface area contributed by atoms with E-state index in [0.717, 1.165) is 50.0 Å². The number of Topliss-reactive ketones (excluding diaryl/α,β-unsaturated/α-hetero) is 1. The predicted molar refractivity (Wildman–Crippen MR) is 133 cm³/mol. The number of carbonyl (C=O) groups is 1. The molecule has 2 bridgehead atoms. The zero-order valence-electron chi connectivity index (χ0n) is 20.2. The van der Waals surface area contributed by atoms with E-state index in [1.807, 2.05) is 12.1 Å². The molecule has 4 heterocycles. The summed E-state index contributed by atoms with van der Waals surface area (Å²) in [6, 6.07) is 3.71. The van der Waals surface area contributed by atoms with Crippen LogP contribution < -0.4 is 15.6 Å². The lowest BCUT2D eigenvalue weighted by Gasteiger charge is -2.62. The lowest BCUT2D eigenvalue weighted by molar-refractivity contribution is -0.0884. The number of ether oxygens (including phenoxy) is 1.